The van der Waals surface area contributed by atoms with Crippen LogP contribution < -0.4 is 0 Å². The fourth-order valence-electron chi connectivity index (χ4n) is 2.33. The Morgan fingerprint density at radius 2 is 1.95 bits per heavy atom. The minimum absolute atomic E-state index is 0.144. The smallest absolute Gasteiger partial charge is 0.228 e. The van der Waals surface area contributed by atoms with Gasteiger partial charge in [0.1, 0.15) is 6.26 Å². The molecule has 4 heteroatoms. The number of oxazole rings is 1. The maximum Gasteiger partial charge on any atom is 0.228 e. The standard InChI is InChI=1S/C15H16N2O2/c18-14(17-8-4-5-9-17)10-13-11-19-15(16-13)12-6-2-1-3-7-12/h1-3,6-7,11H,4-5,8-10H2. The van der Waals surface area contributed by atoms with E-state index in [1.54, 1.807) is 6.26 Å². The fraction of sp³-hybridized carbons (Fsp3) is 0.333. The highest BCUT2D eigenvalue weighted by atomic mass is 16.3. The highest BCUT2D eigenvalue weighted by molar-refractivity contribution is 5.78. The highest BCUT2D eigenvalue weighted by Gasteiger charge is 2.19. The largest absolute Gasteiger partial charge is 0.444 e. The molecule has 1 aliphatic rings. The quantitative estimate of drug-likeness (QED) is 0.847. The van der Waals surface area contributed by atoms with Crippen LogP contribution in [0.5, 0.6) is 0 Å². The van der Waals surface area contributed by atoms with Crippen LogP contribution in [0.1, 0.15) is 18.5 Å². The molecule has 1 aromatic heterocycles. The molecule has 4 nitrogen and oxygen atoms in total. The van der Waals surface area contributed by atoms with Crippen molar-refractivity contribution in [2.45, 2.75) is 19.3 Å². The number of amides is 1. The second kappa shape index (κ2) is 5.26. The lowest BCUT2D eigenvalue weighted by molar-refractivity contribution is -0.129. The molecule has 0 saturated carbocycles. The summed E-state index contributed by atoms with van der Waals surface area (Å²) < 4.78 is 5.43. The van der Waals surface area contributed by atoms with Gasteiger partial charge in [-0.05, 0) is 25.0 Å². The Morgan fingerprint density at radius 1 is 1.21 bits per heavy atom. The molecule has 1 fully saturated rings. The Balaban J connectivity index is 1.70. The minimum atomic E-state index is 0.144. The van der Waals surface area contributed by atoms with E-state index in [1.165, 1.54) is 0 Å². The van der Waals surface area contributed by atoms with Crippen molar-refractivity contribution in [2.75, 3.05) is 13.1 Å². The molecule has 0 spiro atoms. The van der Waals surface area contributed by atoms with Gasteiger partial charge in [0, 0.05) is 18.7 Å². The van der Waals surface area contributed by atoms with Gasteiger partial charge in [0.15, 0.2) is 0 Å². The number of rotatable bonds is 3. The summed E-state index contributed by atoms with van der Waals surface area (Å²) in [5.74, 6) is 0.718. The van der Waals surface area contributed by atoms with Crippen molar-refractivity contribution in [1.29, 1.82) is 0 Å². The number of benzene rings is 1. The van der Waals surface area contributed by atoms with Gasteiger partial charge in [0.25, 0.3) is 0 Å². The van der Waals surface area contributed by atoms with Crippen LogP contribution in [0.15, 0.2) is 41.0 Å². The van der Waals surface area contributed by atoms with Crippen molar-refractivity contribution < 1.29 is 9.21 Å². The van der Waals surface area contributed by atoms with Crippen LogP contribution in [0.4, 0.5) is 0 Å². The number of hydrogen-bond donors (Lipinski definition) is 0. The van der Waals surface area contributed by atoms with Gasteiger partial charge in [0.2, 0.25) is 11.8 Å². The Labute approximate surface area is 112 Å². The second-order valence-corrected chi connectivity index (χ2v) is 4.77. The molecule has 0 radical (unpaired) electrons. The first kappa shape index (κ1) is 12.0. The lowest BCUT2D eigenvalue weighted by Crippen LogP contribution is -2.29. The van der Waals surface area contributed by atoms with E-state index in [-0.39, 0.29) is 5.91 Å². The topological polar surface area (TPSA) is 46.3 Å². The van der Waals surface area contributed by atoms with Crippen molar-refractivity contribution in [3.05, 3.63) is 42.3 Å². The van der Waals surface area contributed by atoms with Crippen LogP contribution in [-0.2, 0) is 11.2 Å². The first-order chi connectivity index (χ1) is 9.33. The molecule has 98 valence electrons. The second-order valence-electron chi connectivity index (χ2n) is 4.77. The molecule has 0 bridgehead atoms. The average Bonchev–Trinajstić information content (AvgIpc) is 3.11. The normalized spacial score (nSPS) is 14.8. The third kappa shape index (κ3) is 2.67. The van der Waals surface area contributed by atoms with Crippen LogP contribution in [0, 0.1) is 0 Å². The SMILES string of the molecule is O=C(Cc1coc(-c2ccccc2)n1)N1CCCC1. The van der Waals surface area contributed by atoms with E-state index in [4.69, 9.17) is 4.42 Å². The van der Waals surface area contributed by atoms with Gasteiger partial charge in [-0.1, -0.05) is 18.2 Å². The van der Waals surface area contributed by atoms with Crippen molar-refractivity contribution in [2.24, 2.45) is 0 Å². The number of likely N-dealkylation sites (tertiary alicyclic amines) is 1. The number of carbonyl (C=O) groups excluding carboxylic acids is 1. The molecule has 0 atom stereocenters. The third-order valence-electron chi connectivity index (χ3n) is 3.36. The molecule has 1 saturated heterocycles. The first-order valence-electron chi connectivity index (χ1n) is 6.60. The summed E-state index contributed by atoms with van der Waals surface area (Å²) in [4.78, 5) is 18.3. The molecular formula is C15H16N2O2. The van der Waals surface area contributed by atoms with Crippen LogP contribution >= 0.6 is 0 Å². The molecule has 0 unspecified atom stereocenters. The summed E-state index contributed by atoms with van der Waals surface area (Å²) in [6, 6.07) is 9.71. The van der Waals surface area contributed by atoms with Gasteiger partial charge in [0.05, 0.1) is 12.1 Å². The van der Waals surface area contributed by atoms with Gasteiger partial charge in [-0.15, -0.1) is 0 Å². The predicted molar refractivity (Wildman–Crippen MR) is 71.5 cm³/mol. The van der Waals surface area contributed by atoms with Gasteiger partial charge in [-0.2, -0.15) is 0 Å². The predicted octanol–water partition coefficient (Wildman–Crippen LogP) is 2.51. The number of nitrogens with zero attached hydrogens (tertiary/aromatic N) is 2. The fourth-order valence-corrected chi connectivity index (χ4v) is 2.33. The zero-order valence-corrected chi connectivity index (χ0v) is 10.7. The van der Waals surface area contributed by atoms with Crippen molar-refractivity contribution >= 4 is 5.91 Å². The van der Waals surface area contributed by atoms with Gasteiger partial charge in [-0.3, -0.25) is 4.79 Å². The number of aromatic nitrogens is 1. The average molecular weight is 256 g/mol. The summed E-state index contributed by atoms with van der Waals surface area (Å²) in [7, 11) is 0. The van der Waals surface area contributed by atoms with Crippen LogP contribution in [0.25, 0.3) is 11.5 Å². The lowest BCUT2D eigenvalue weighted by Gasteiger charge is -2.13. The van der Waals surface area contributed by atoms with Crippen LogP contribution in [0.2, 0.25) is 0 Å². The Hall–Kier alpha value is -2.10. The molecule has 2 aromatic rings. The molecular weight excluding hydrogens is 240 g/mol. The Morgan fingerprint density at radius 3 is 2.68 bits per heavy atom. The first-order valence-corrected chi connectivity index (χ1v) is 6.60. The van der Waals surface area contributed by atoms with Crippen molar-refractivity contribution in [3.63, 3.8) is 0 Å². The van der Waals surface area contributed by atoms with Crippen molar-refractivity contribution in [3.8, 4) is 11.5 Å². The van der Waals surface area contributed by atoms with Gasteiger partial charge in [-0.25, -0.2) is 4.98 Å². The maximum atomic E-state index is 12.0. The molecule has 1 aromatic carbocycles. The maximum absolute atomic E-state index is 12.0. The Bertz CT molecular complexity index is 557. The van der Waals surface area contributed by atoms with E-state index in [0.717, 1.165) is 31.5 Å². The Kier molecular flexibility index (Phi) is 3.31. The van der Waals surface area contributed by atoms with Crippen LogP contribution in [0.3, 0.4) is 0 Å². The van der Waals surface area contributed by atoms with E-state index >= 15 is 0 Å². The van der Waals surface area contributed by atoms with E-state index < -0.39 is 0 Å². The van der Waals surface area contributed by atoms with E-state index in [0.29, 0.717) is 18.0 Å². The van der Waals surface area contributed by atoms with Crippen LogP contribution in [-0.4, -0.2) is 28.9 Å². The highest BCUT2D eigenvalue weighted by Crippen LogP contribution is 2.18. The van der Waals surface area contributed by atoms with E-state index in [9.17, 15) is 4.79 Å². The number of hydrogen-bond acceptors (Lipinski definition) is 3. The third-order valence-corrected chi connectivity index (χ3v) is 3.36. The van der Waals surface area contributed by atoms with E-state index in [2.05, 4.69) is 4.98 Å². The monoisotopic (exact) mass is 256 g/mol. The molecule has 3 rings (SSSR count). The summed E-state index contributed by atoms with van der Waals surface area (Å²) in [5, 5.41) is 0. The van der Waals surface area contributed by atoms with Gasteiger partial charge < -0.3 is 9.32 Å². The lowest BCUT2D eigenvalue weighted by atomic mass is 10.2. The molecule has 0 aliphatic carbocycles. The summed E-state index contributed by atoms with van der Waals surface area (Å²) in [5.41, 5.74) is 1.64. The summed E-state index contributed by atoms with van der Waals surface area (Å²) in [6.07, 6.45) is 4.13. The minimum Gasteiger partial charge on any atom is -0.444 e. The molecule has 1 amide bonds. The summed E-state index contributed by atoms with van der Waals surface area (Å²) >= 11 is 0. The zero-order valence-electron chi connectivity index (χ0n) is 10.7. The molecule has 0 N–H and O–H groups in total. The molecule has 1 aliphatic heterocycles. The molecule has 2 heterocycles. The number of carbonyl (C=O) groups is 1. The summed E-state index contributed by atoms with van der Waals surface area (Å²) in [6.45, 7) is 1.75. The molecule has 19 heavy (non-hydrogen) atoms. The van der Waals surface area contributed by atoms with Gasteiger partial charge >= 0.3 is 0 Å². The van der Waals surface area contributed by atoms with Crippen molar-refractivity contribution in [1.82, 2.24) is 9.88 Å². The van der Waals surface area contributed by atoms with E-state index in [1.807, 2.05) is 35.2 Å². The zero-order chi connectivity index (χ0) is 13.1.